The van der Waals surface area contributed by atoms with Gasteiger partial charge in [-0.15, -0.1) is 11.3 Å². The molecule has 0 saturated carbocycles. The monoisotopic (exact) mass is 589 g/mol. The SMILES string of the molecule is COc1ccc(-c2cc(C(F)(F)F)n3nc(C(=O)Nc4sc5c(c4C#N)CC[C@H](C)C5)c(Br)c3n2)cc1. The minimum Gasteiger partial charge on any atom is -0.497 e. The number of nitrogens with one attached hydrogen (secondary N) is 1. The average molecular weight is 590 g/mol. The van der Waals surface area contributed by atoms with Gasteiger partial charge in [-0.3, -0.25) is 4.79 Å². The first-order chi connectivity index (χ1) is 17.6. The van der Waals surface area contributed by atoms with Gasteiger partial charge in [0.2, 0.25) is 0 Å². The van der Waals surface area contributed by atoms with Crippen LogP contribution in [0, 0.1) is 17.2 Å². The molecule has 3 aromatic heterocycles. The first-order valence-electron chi connectivity index (χ1n) is 11.3. The van der Waals surface area contributed by atoms with Gasteiger partial charge in [-0.2, -0.15) is 23.5 Å². The second-order valence-corrected chi connectivity index (χ2v) is 10.7. The third-order valence-electron chi connectivity index (χ3n) is 6.27. The molecular weight excluding hydrogens is 571 g/mol. The van der Waals surface area contributed by atoms with Gasteiger partial charge in [0.1, 0.15) is 16.8 Å². The van der Waals surface area contributed by atoms with Crippen molar-refractivity contribution in [3.63, 3.8) is 0 Å². The van der Waals surface area contributed by atoms with E-state index in [-0.39, 0.29) is 21.5 Å². The number of alkyl halides is 3. The molecule has 1 aromatic carbocycles. The van der Waals surface area contributed by atoms with Crippen molar-refractivity contribution in [1.29, 1.82) is 5.26 Å². The van der Waals surface area contributed by atoms with Crippen LogP contribution >= 0.6 is 27.3 Å². The number of anilines is 1. The van der Waals surface area contributed by atoms with E-state index in [1.54, 1.807) is 24.3 Å². The summed E-state index contributed by atoms with van der Waals surface area (Å²) in [6, 6.07) is 9.48. The summed E-state index contributed by atoms with van der Waals surface area (Å²) in [6.45, 7) is 2.13. The average Bonchev–Trinajstić information content (AvgIpc) is 3.39. The zero-order valence-corrected chi connectivity index (χ0v) is 22.0. The Morgan fingerprint density at radius 3 is 2.70 bits per heavy atom. The topological polar surface area (TPSA) is 92.3 Å². The Hall–Kier alpha value is -3.43. The minimum absolute atomic E-state index is 0.0133. The summed E-state index contributed by atoms with van der Waals surface area (Å²) in [5, 5.41) is 16.7. The fourth-order valence-electron chi connectivity index (χ4n) is 4.37. The van der Waals surface area contributed by atoms with Gasteiger partial charge >= 0.3 is 6.18 Å². The van der Waals surface area contributed by atoms with E-state index in [1.165, 1.54) is 18.4 Å². The smallest absolute Gasteiger partial charge is 0.433 e. The quantitative estimate of drug-likeness (QED) is 0.293. The first kappa shape index (κ1) is 25.2. The van der Waals surface area contributed by atoms with Crippen LogP contribution in [0.15, 0.2) is 34.8 Å². The second kappa shape index (κ2) is 9.46. The fraction of sp³-hybridized carbons (Fsp3) is 0.280. The van der Waals surface area contributed by atoms with Crippen molar-refractivity contribution in [2.24, 2.45) is 5.92 Å². The number of carbonyl (C=O) groups excluding carboxylic acids is 1. The minimum atomic E-state index is -4.76. The van der Waals surface area contributed by atoms with E-state index in [0.717, 1.165) is 35.8 Å². The van der Waals surface area contributed by atoms with E-state index < -0.39 is 17.8 Å². The molecule has 1 aliphatic carbocycles. The number of amides is 1. The Morgan fingerprint density at radius 2 is 2.05 bits per heavy atom. The molecule has 1 amide bonds. The lowest BCUT2D eigenvalue weighted by atomic mass is 9.89. The molecular formula is C25H19BrF3N5O2S. The maximum absolute atomic E-state index is 14.0. The van der Waals surface area contributed by atoms with Gasteiger partial charge in [0.05, 0.1) is 22.8 Å². The third-order valence-corrected chi connectivity index (χ3v) is 8.17. The zero-order valence-electron chi connectivity index (χ0n) is 19.6. The molecule has 3 heterocycles. The number of nitrogens with zero attached hydrogens (tertiary/aromatic N) is 4. The van der Waals surface area contributed by atoms with Crippen LogP contribution in [0.2, 0.25) is 0 Å². The van der Waals surface area contributed by atoms with Gasteiger partial charge in [0.15, 0.2) is 17.0 Å². The van der Waals surface area contributed by atoms with Crippen molar-refractivity contribution in [3.8, 4) is 23.1 Å². The van der Waals surface area contributed by atoms with Crippen LogP contribution < -0.4 is 10.1 Å². The zero-order chi connectivity index (χ0) is 26.5. The molecule has 0 aliphatic heterocycles. The summed E-state index contributed by atoms with van der Waals surface area (Å²) in [5.74, 6) is 0.284. The second-order valence-electron chi connectivity index (χ2n) is 8.77. The van der Waals surface area contributed by atoms with E-state index in [9.17, 15) is 23.2 Å². The molecule has 0 bridgehead atoms. The summed E-state index contributed by atoms with van der Waals surface area (Å²) in [6.07, 6.45) is -2.25. The molecule has 4 aromatic rings. The number of carbonyl (C=O) groups is 1. The predicted molar refractivity (Wildman–Crippen MR) is 136 cm³/mol. The molecule has 7 nitrogen and oxygen atoms in total. The molecule has 0 radical (unpaired) electrons. The van der Waals surface area contributed by atoms with E-state index in [2.05, 4.69) is 44.3 Å². The van der Waals surface area contributed by atoms with Crippen molar-refractivity contribution in [3.05, 3.63) is 62.2 Å². The molecule has 0 saturated heterocycles. The van der Waals surface area contributed by atoms with Gasteiger partial charge in [0, 0.05) is 10.4 Å². The number of aromatic nitrogens is 3. The van der Waals surface area contributed by atoms with Crippen LogP contribution in [0.4, 0.5) is 18.2 Å². The lowest BCUT2D eigenvalue weighted by molar-refractivity contribution is -0.142. The Morgan fingerprint density at radius 1 is 1.32 bits per heavy atom. The molecule has 1 N–H and O–H groups in total. The van der Waals surface area contributed by atoms with Crippen LogP contribution in [0.1, 0.15) is 45.5 Å². The summed E-state index contributed by atoms with van der Waals surface area (Å²) < 4.78 is 47.8. The molecule has 0 unspecified atom stereocenters. The van der Waals surface area contributed by atoms with Gasteiger partial charge in [0.25, 0.3) is 5.91 Å². The van der Waals surface area contributed by atoms with Gasteiger partial charge in [-0.05, 0) is 77.0 Å². The molecule has 190 valence electrons. The normalized spacial score (nSPS) is 15.3. The number of rotatable bonds is 4. The van der Waals surface area contributed by atoms with Crippen molar-refractivity contribution >= 4 is 43.8 Å². The first-order valence-corrected chi connectivity index (χ1v) is 12.9. The number of ether oxygens (including phenoxy) is 1. The fourth-order valence-corrected chi connectivity index (χ4v) is 6.24. The highest BCUT2D eigenvalue weighted by atomic mass is 79.9. The van der Waals surface area contributed by atoms with Crippen LogP contribution in [0.25, 0.3) is 16.9 Å². The van der Waals surface area contributed by atoms with E-state index >= 15 is 0 Å². The standard InChI is InChI=1S/C25H19BrF3N5O2S/c1-12-3-8-15-16(11-30)24(37-18(15)9-12)32-23(35)21-20(26)22-31-17(13-4-6-14(36-2)7-5-13)10-19(25(27,28)29)34(22)33-21/h4-7,10,12H,3,8-9H2,1-2H3,(H,32,35)/t12-/m0/s1. The third kappa shape index (κ3) is 4.57. The maximum Gasteiger partial charge on any atom is 0.433 e. The van der Waals surface area contributed by atoms with E-state index in [1.807, 2.05) is 0 Å². The van der Waals surface area contributed by atoms with Crippen LogP contribution in [-0.4, -0.2) is 27.6 Å². The van der Waals surface area contributed by atoms with Crippen molar-refractivity contribution in [2.75, 3.05) is 12.4 Å². The highest BCUT2D eigenvalue weighted by Crippen LogP contribution is 2.40. The molecule has 37 heavy (non-hydrogen) atoms. The molecule has 1 aliphatic rings. The highest BCUT2D eigenvalue weighted by Gasteiger charge is 2.37. The Labute approximate surface area is 222 Å². The van der Waals surface area contributed by atoms with Gasteiger partial charge in [-0.25, -0.2) is 9.50 Å². The number of hydrogen-bond acceptors (Lipinski definition) is 6. The lowest BCUT2D eigenvalue weighted by Crippen LogP contribution is -2.16. The predicted octanol–water partition coefficient (Wildman–Crippen LogP) is 6.50. The molecule has 12 heteroatoms. The summed E-state index contributed by atoms with van der Waals surface area (Å²) in [7, 11) is 1.49. The molecule has 0 fully saturated rings. The van der Waals surface area contributed by atoms with Crippen LogP contribution in [0.5, 0.6) is 5.75 Å². The van der Waals surface area contributed by atoms with Gasteiger partial charge in [-0.1, -0.05) is 6.92 Å². The Bertz CT molecular complexity index is 1570. The van der Waals surface area contributed by atoms with Crippen molar-refractivity contribution < 1.29 is 22.7 Å². The number of hydrogen-bond donors (Lipinski definition) is 1. The van der Waals surface area contributed by atoms with Crippen LogP contribution in [-0.2, 0) is 19.0 Å². The molecule has 0 spiro atoms. The van der Waals surface area contributed by atoms with Crippen molar-refractivity contribution in [1.82, 2.24) is 14.6 Å². The largest absolute Gasteiger partial charge is 0.497 e. The van der Waals surface area contributed by atoms with Crippen LogP contribution in [0.3, 0.4) is 0 Å². The number of thiophene rings is 1. The van der Waals surface area contributed by atoms with Crippen molar-refractivity contribution in [2.45, 2.75) is 32.4 Å². The van der Waals surface area contributed by atoms with Gasteiger partial charge < -0.3 is 10.1 Å². The van der Waals surface area contributed by atoms with E-state index in [0.29, 0.717) is 32.3 Å². The summed E-state index contributed by atoms with van der Waals surface area (Å²) in [4.78, 5) is 18.6. The number of methoxy groups -OCH3 is 1. The summed E-state index contributed by atoms with van der Waals surface area (Å²) >= 11 is 4.57. The summed E-state index contributed by atoms with van der Waals surface area (Å²) in [5.41, 5.74) is 0.309. The maximum atomic E-state index is 14.0. The highest BCUT2D eigenvalue weighted by molar-refractivity contribution is 9.10. The molecule has 1 atom stereocenters. The number of fused-ring (bicyclic) bond motifs is 2. The van der Waals surface area contributed by atoms with E-state index in [4.69, 9.17) is 4.74 Å². The Kier molecular flexibility index (Phi) is 6.45. The Balaban J connectivity index is 1.57. The number of nitriles is 1. The number of benzene rings is 1. The number of halogens is 4. The molecule has 5 rings (SSSR count). The lowest BCUT2D eigenvalue weighted by Gasteiger charge is -2.17.